The second kappa shape index (κ2) is 5.20. The number of carboxylic acid groups (broad SMARTS) is 1. The number of amides is 1. The highest BCUT2D eigenvalue weighted by Crippen LogP contribution is 2.00. The first kappa shape index (κ1) is 12.1. The van der Waals surface area contributed by atoms with E-state index in [1.54, 1.807) is 6.92 Å². The molecule has 1 aromatic heterocycles. The Bertz CT molecular complexity index is 389. The van der Waals surface area contributed by atoms with Crippen LogP contribution >= 0.6 is 0 Å². The fraction of sp³-hybridized carbons (Fsp3) is 0.400. The lowest BCUT2D eigenvalue weighted by molar-refractivity contribution is -0.137. The topological polar surface area (TPSA) is 83.4 Å². The van der Waals surface area contributed by atoms with E-state index in [0.717, 1.165) is 5.69 Å². The first-order valence-electron chi connectivity index (χ1n) is 4.76. The predicted molar refractivity (Wildman–Crippen MR) is 56.0 cm³/mol. The summed E-state index contributed by atoms with van der Waals surface area (Å²) in [4.78, 5) is 31.2. The zero-order chi connectivity index (χ0) is 12.1. The highest BCUT2D eigenvalue weighted by atomic mass is 16.4. The zero-order valence-electron chi connectivity index (χ0n) is 9.17. The molecule has 0 fully saturated rings. The Hall–Kier alpha value is -1.98. The van der Waals surface area contributed by atoms with Gasteiger partial charge in [-0.05, 0) is 6.92 Å². The van der Waals surface area contributed by atoms with E-state index >= 15 is 0 Å². The minimum atomic E-state index is -0.936. The van der Waals surface area contributed by atoms with Crippen LogP contribution in [0.1, 0.15) is 22.6 Å². The number of carbonyl (C=O) groups excluding carboxylic acids is 1. The van der Waals surface area contributed by atoms with Gasteiger partial charge in [-0.2, -0.15) is 0 Å². The molecule has 0 atom stereocenters. The third-order valence-corrected chi connectivity index (χ3v) is 2.01. The van der Waals surface area contributed by atoms with Crippen LogP contribution in [0.5, 0.6) is 0 Å². The van der Waals surface area contributed by atoms with Crippen LogP contribution < -0.4 is 0 Å². The molecule has 0 saturated carbocycles. The van der Waals surface area contributed by atoms with Gasteiger partial charge in [-0.15, -0.1) is 0 Å². The summed E-state index contributed by atoms with van der Waals surface area (Å²) in [5.74, 6) is -1.26. The van der Waals surface area contributed by atoms with Gasteiger partial charge >= 0.3 is 5.97 Å². The van der Waals surface area contributed by atoms with E-state index in [1.807, 2.05) is 0 Å². The van der Waals surface area contributed by atoms with Crippen LogP contribution in [0, 0.1) is 6.92 Å². The maximum absolute atomic E-state index is 11.7. The number of hydrogen-bond donors (Lipinski definition) is 1. The van der Waals surface area contributed by atoms with Crippen molar-refractivity contribution in [3.63, 3.8) is 0 Å². The van der Waals surface area contributed by atoms with Gasteiger partial charge in [-0.25, -0.2) is 4.98 Å². The van der Waals surface area contributed by atoms with Gasteiger partial charge in [0.15, 0.2) is 0 Å². The van der Waals surface area contributed by atoms with Gasteiger partial charge in [-0.1, -0.05) is 0 Å². The molecule has 1 amide bonds. The normalized spacial score (nSPS) is 9.88. The van der Waals surface area contributed by atoms with Crippen LogP contribution in [0.2, 0.25) is 0 Å². The Morgan fingerprint density at radius 3 is 2.56 bits per heavy atom. The highest BCUT2D eigenvalue weighted by Gasteiger charge is 2.13. The van der Waals surface area contributed by atoms with Crippen molar-refractivity contribution in [2.24, 2.45) is 0 Å². The van der Waals surface area contributed by atoms with Crippen molar-refractivity contribution in [2.75, 3.05) is 13.6 Å². The summed E-state index contributed by atoms with van der Waals surface area (Å²) in [6.07, 6.45) is 2.80. The molecule has 0 aliphatic heterocycles. The first-order chi connectivity index (χ1) is 7.50. The molecule has 6 heteroatoms. The quantitative estimate of drug-likeness (QED) is 0.795. The van der Waals surface area contributed by atoms with E-state index in [1.165, 1.54) is 24.3 Å². The summed E-state index contributed by atoms with van der Waals surface area (Å²) in [5.41, 5.74) is 0.947. The zero-order valence-corrected chi connectivity index (χ0v) is 9.17. The molecule has 16 heavy (non-hydrogen) atoms. The molecule has 0 spiro atoms. The average Bonchev–Trinajstić information content (AvgIpc) is 2.26. The number of nitrogens with zero attached hydrogens (tertiary/aromatic N) is 3. The lowest BCUT2D eigenvalue weighted by Gasteiger charge is -2.14. The fourth-order valence-electron chi connectivity index (χ4n) is 1.06. The largest absolute Gasteiger partial charge is 0.481 e. The number of aliphatic carboxylic acids is 1. The number of carbonyl (C=O) groups is 2. The van der Waals surface area contributed by atoms with E-state index in [0.29, 0.717) is 0 Å². The second-order valence-electron chi connectivity index (χ2n) is 3.41. The number of carboxylic acids is 1. The van der Waals surface area contributed by atoms with Crippen LogP contribution in [0.15, 0.2) is 12.4 Å². The molecule has 0 bridgehead atoms. The standard InChI is InChI=1S/C10H13N3O3/c1-7-5-12-8(6-11-7)10(16)13(2)4-3-9(14)15/h5-6H,3-4H2,1-2H3,(H,14,15). The molecule has 1 heterocycles. The third-order valence-electron chi connectivity index (χ3n) is 2.01. The lowest BCUT2D eigenvalue weighted by Crippen LogP contribution is -2.29. The summed E-state index contributed by atoms with van der Waals surface area (Å²) in [5, 5.41) is 8.49. The molecule has 1 aromatic rings. The average molecular weight is 223 g/mol. The van der Waals surface area contributed by atoms with Crippen LogP contribution in [0.4, 0.5) is 0 Å². The monoisotopic (exact) mass is 223 g/mol. The van der Waals surface area contributed by atoms with Crippen molar-refractivity contribution in [3.8, 4) is 0 Å². The molecule has 0 aromatic carbocycles. The molecule has 86 valence electrons. The van der Waals surface area contributed by atoms with Gasteiger partial charge in [0.2, 0.25) is 0 Å². The number of rotatable bonds is 4. The Kier molecular flexibility index (Phi) is 3.93. The molecule has 0 radical (unpaired) electrons. The van der Waals surface area contributed by atoms with Crippen molar-refractivity contribution < 1.29 is 14.7 Å². The van der Waals surface area contributed by atoms with Crippen molar-refractivity contribution in [1.82, 2.24) is 14.9 Å². The summed E-state index contributed by atoms with van der Waals surface area (Å²) in [6, 6.07) is 0. The van der Waals surface area contributed by atoms with E-state index < -0.39 is 5.97 Å². The minimum Gasteiger partial charge on any atom is -0.481 e. The summed E-state index contributed by atoms with van der Waals surface area (Å²) >= 11 is 0. The van der Waals surface area contributed by atoms with Crippen molar-refractivity contribution in [3.05, 3.63) is 23.8 Å². The molecule has 0 aliphatic rings. The van der Waals surface area contributed by atoms with Crippen molar-refractivity contribution in [1.29, 1.82) is 0 Å². The van der Waals surface area contributed by atoms with Crippen LogP contribution in [-0.4, -0.2) is 45.4 Å². The number of aromatic nitrogens is 2. The molecular formula is C10H13N3O3. The van der Waals surface area contributed by atoms with Crippen molar-refractivity contribution >= 4 is 11.9 Å². The van der Waals surface area contributed by atoms with Gasteiger partial charge in [0.05, 0.1) is 18.3 Å². The van der Waals surface area contributed by atoms with Gasteiger partial charge < -0.3 is 10.0 Å². The molecule has 1 rings (SSSR count). The Morgan fingerprint density at radius 1 is 1.38 bits per heavy atom. The minimum absolute atomic E-state index is 0.0818. The second-order valence-corrected chi connectivity index (χ2v) is 3.41. The molecule has 0 aliphatic carbocycles. The predicted octanol–water partition coefficient (Wildman–Crippen LogP) is 0.332. The van der Waals surface area contributed by atoms with Crippen molar-refractivity contribution in [2.45, 2.75) is 13.3 Å². The summed E-state index contributed by atoms with van der Waals surface area (Å²) in [7, 11) is 1.53. The van der Waals surface area contributed by atoms with Crippen LogP contribution in [-0.2, 0) is 4.79 Å². The van der Waals surface area contributed by atoms with Crippen LogP contribution in [0.3, 0.4) is 0 Å². The Labute approximate surface area is 92.9 Å². The molecular weight excluding hydrogens is 210 g/mol. The van der Waals surface area contributed by atoms with E-state index in [9.17, 15) is 9.59 Å². The lowest BCUT2D eigenvalue weighted by atomic mass is 10.3. The molecule has 0 unspecified atom stereocenters. The SMILES string of the molecule is Cc1cnc(C(=O)N(C)CCC(=O)O)cn1. The molecule has 6 nitrogen and oxygen atoms in total. The van der Waals surface area contributed by atoms with E-state index in [-0.39, 0.29) is 24.6 Å². The van der Waals surface area contributed by atoms with E-state index in [2.05, 4.69) is 9.97 Å². The molecule has 1 N–H and O–H groups in total. The maximum Gasteiger partial charge on any atom is 0.305 e. The Balaban J connectivity index is 2.63. The van der Waals surface area contributed by atoms with Gasteiger partial charge in [-0.3, -0.25) is 14.6 Å². The van der Waals surface area contributed by atoms with Crippen LogP contribution in [0.25, 0.3) is 0 Å². The van der Waals surface area contributed by atoms with Gasteiger partial charge in [0.25, 0.3) is 5.91 Å². The fourth-order valence-corrected chi connectivity index (χ4v) is 1.06. The summed E-state index contributed by atoms with van der Waals surface area (Å²) in [6.45, 7) is 1.93. The maximum atomic E-state index is 11.7. The first-order valence-corrected chi connectivity index (χ1v) is 4.76. The van der Waals surface area contributed by atoms with Gasteiger partial charge in [0, 0.05) is 19.8 Å². The number of aryl methyl sites for hydroxylation is 1. The summed E-state index contributed by atoms with van der Waals surface area (Å²) < 4.78 is 0. The molecule has 0 saturated heterocycles. The Morgan fingerprint density at radius 2 is 2.06 bits per heavy atom. The van der Waals surface area contributed by atoms with E-state index in [4.69, 9.17) is 5.11 Å². The third kappa shape index (κ3) is 3.30. The highest BCUT2D eigenvalue weighted by molar-refractivity contribution is 5.91. The van der Waals surface area contributed by atoms with Gasteiger partial charge in [0.1, 0.15) is 5.69 Å². The number of hydrogen-bond acceptors (Lipinski definition) is 4. The smallest absolute Gasteiger partial charge is 0.305 e.